The minimum absolute atomic E-state index is 0.500. The van der Waals surface area contributed by atoms with Gasteiger partial charge in [-0.25, -0.2) is 0 Å². The third-order valence-corrected chi connectivity index (χ3v) is 1.96. The van der Waals surface area contributed by atoms with Gasteiger partial charge in [-0.3, -0.25) is 0 Å². The molecular weight excluding hydrogens is 88.1 g/mol. The first-order chi connectivity index (χ1) is 3.07. The second-order valence-corrected chi connectivity index (χ2v) is 2.32. The van der Waals surface area contributed by atoms with Crippen molar-refractivity contribution < 1.29 is 5.11 Å². The average molecular weight is 98.1 g/mol. The Morgan fingerprint density at radius 3 is 1.43 bits per heavy atom. The zero-order chi connectivity index (χ0) is 5.65. The van der Waals surface area contributed by atoms with E-state index in [1.54, 1.807) is 0 Å². The van der Waals surface area contributed by atoms with Crippen molar-refractivity contribution in [3.63, 3.8) is 0 Å². The van der Waals surface area contributed by atoms with Crippen LogP contribution in [0.25, 0.3) is 0 Å². The minimum atomic E-state index is -0.500. The van der Waals surface area contributed by atoms with Gasteiger partial charge in [-0.15, -0.1) is 0 Å². The van der Waals surface area contributed by atoms with Crippen LogP contribution in [0.5, 0.6) is 0 Å². The summed E-state index contributed by atoms with van der Waals surface area (Å²) in [4.78, 5) is 0. The molecule has 0 aliphatic heterocycles. The smallest absolute Gasteiger partial charge is 0.104 e. The van der Waals surface area contributed by atoms with E-state index in [0.717, 1.165) is 11.1 Å². The molecule has 1 aliphatic carbocycles. The molecule has 0 aromatic carbocycles. The SMILES string of the molecule is CC1=C(C)C1(C)O. The van der Waals surface area contributed by atoms with Crippen LogP contribution in [0.15, 0.2) is 11.1 Å². The van der Waals surface area contributed by atoms with Crippen LogP contribution in [0.4, 0.5) is 0 Å². The summed E-state index contributed by atoms with van der Waals surface area (Å²) < 4.78 is 0. The van der Waals surface area contributed by atoms with Gasteiger partial charge in [0.05, 0.1) is 0 Å². The fourth-order valence-corrected chi connectivity index (χ4v) is 0.702. The molecule has 0 saturated heterocycles. The molecule has 1 nitrogen and oxygen atoms in total. The molecule has 7 heavy (non-hydrogen) atoms. The highest BCUT2D eigenvalue weighted by Gasteiger charge is 2.40. The lowest BCUT2D eigenvalue weighted by molar-refractivity contribution is 0.184. The van der Waals surface area contributed by atoms with Crippen molar-refractivity contribution >= 4 is 0 Å². The first-order valence-electron chi connectivity index (χ1n) is 2.47. The van der Waals surface area contributed by atoms with Crippen molar-refractivity contribution in [2.24, 2.45) is 0 Å². The van der Waals surface area contributed by atoms with Gasteiger partial charge in [0.1, 0.15) is 5.60 Å². The van der Waals surface area contributed by atoms with E-state index in [0.29, 0.717) is 0 Å². The van der Waals surface area contributed by atoms with Crippen molar-refractivity contribution in [2.45, 2.75) is 26.4 Å². The Morgan fingerprint density at radius 2 is 1.43 bits per heavy atom. The lowest BCUT2D eigenvalue weighted by Crippen LogP contribution is -2.05. The first-order valence-corrected chi connectivity index (χ1v) is 2.47. The van der Waals surface area contributed by atoms with Crippen molar-refractivity contribution in [2.75, 3.05) is 0 Å². The Morgan fingerprint density at radius 1 is 1.29 bits per heavy atom. The molecule has 40 valence electrons. The largest absolute Gasteiger partial charge is 0.381 e. The predicted molar refractivity (Wildman–Crippen MR) is 29.0 cm³/mol. The third kappa shape index (κ3) is 0.416. The van der Waals surface area contributed by atoms with Crippen LogP contribution >= 0.6 is 0 Å². The van der Waals surface area contributed by atoms with E-state index in [1.807, 2.05) is 20.8 Å². The van der Waals surface area contributed by atoms with Crippen LogP contribution in [0.2, 0.25) is 0 Å². The number of aliphatic hydroxyl groups is 1. The fourth-order valence-electron chi connectivity index (χ4n) is 0.702. The van der Waals surface area contributed by atoms with Gasteiger partial charge < -0.3 is 5.11 Å². The maximum Gasteiger partial charge on any atom is 0.104 e. The second-order valence-electron chi connectivity index (χ2n) is 2.32. The van der Waals surface area contributed by atoms with E-state index < -0.39 is 5.60 Å². The van der Waals surface area contributed by atoms with Crippen LogP contribution < -0.4 is 0 Å². The molecule has 0 saturated carbocycles. The van der Waals surface area contributed by atoms with Gasteiger partial charge in [-0.2, -0.15) is 0 Å². The molecule has 0 aromatic heterocycles. The Balaban J connectivity index is 2.69. The molecule has 1 rings (SSSR count). The molecular formula is C6H10O. The summed E-state index contributed by atoms with van der Waals surface area (Å²) in [6.45, 7) is 5.72. The number of hydrogen-bond donors (Lipinski definition) is 1. The van der Waals surface area contributed by atoms with Crippen LogP contribution in [0.3, 0.4) is 0 Å². The lowest BCUT2D eigenvalue weighted by atomic mass is 10.2. The summed E-state index contributed by atoms with van der Waals surface area (Å²) in [7, 11) is 0. The van der Waals surface area contributed by atoms with Crippen molar-refractivity contribution in [1.82, 2.24) is 0 Å². The zero-order valence-electron chi connectivity index (χ0n) is 4.95. The second kappa shape index (κ2) is 0.920. The Bertz CT molecular complexity index is 117. The molecule has 0 unspecified atom stereocenters. The van der Waals surface area contributed by atoms with E-state index in [-0.39, 0.29) is 0 Å². The molecule has 0 atom stereocenters. The van der Waals surface area contributed by atoms with E-state index in [4.69, 9.17) is 5.11 Å². The predicted octanol–water partition coefficient (Wildman–Crippen LogP) is 1.09. The third-order valence-electron chi connectivity index (χ3n) is 1.96. The molecule has 1 heteroatoms. The first kappa shape index (κ1) is 4.85. The highest BCUT2D eigenvalue weighted by Crippen LogP contribution is 2.41. The maximum atomic E-state index is 9.09. The molecule has 0 fully saturated rings. The topological polar surface area (TPSA) is 20.2 Å². The maximum absolute atomic E-state index is 9.09. The molecule has 0 radical (unpaired) electrons. The van der Waals surface area contributed by atoms with Crippen LogP contribution in [-0.4, -0.2) is 10.7 Å². The van der Waals surface area contributed by atoms with Gasteiger partial charge >= 0.3 is 0 Å². The molecule has 0 bridgehead atoms. The van der Waals surface area contributed by atoms with Crippen molar-refractivity contribution in [3.05, 3.63) is 11.1 Å². The minimum Gasteiger partial charge on any atom is -0.381 e. The monoisotopic (exact) mass is 98.1 g/mol. The van der Waals surface area contributed by atoms with Crippen LogP contribution in [0.1, 0.15) is 20.8 Å². The van der Waals surface area contributed by atoms with Crippen molar-refractivity contribution in [3.8, 4) is 0 Å². The van der Waals surface area contributed by atoms with Gasteiger partial charge in [0.25, 0.3) is 0 Å². The van der Waals surface area contributed by atoms with E-state index in [9.17, 15) is 0 Å². The Hall–Kier alpha value is -0.300. The normalized spacial score (nSPS) is 25.7. The standard InChI is InChI=1S/C6H10O/c1-4-5(2)6(4,3)7/h7H,1-3H3. The molecule has 1 aliphatic rings. The summed E-state index contributed by atoms with van der Waals surface area (Å²) in [5.74, 6) is 0. The highest BCUT2D eigenvalue weighted by molar-refractivity contribution is 5.47. The molecule has 0 spiro atoms. The zero-order valence-corrected chi connectivity index (χ0v) is 4.95. The van der Waals surface area contributed by atoms with Gasteiger partial charge in [0, 0.05) is 0 Å². The summed E-state index contributed by atoms with van der Waals surface area (Å²) in [5, 5.41) is 9.09. The van der Waals surface area contributed by atoms with Crippen LogP contribution in [-0.2, 0) is 0 Å². The number of hydrogen-bond acceptors (Lipinski definition) is 1. The highest BCUT2D eigenvalue weighted by atomic mass is 16.3. The summed E-state index contributed by atoms with van der Waals surface area (Å²) in [6, 6.07) is 0. The van der Waals surface area contributed by atoms with Gasteiger partial charge in [-0.1, -0.05) is 0 Å². The van der Waals surface area contributed by atoms with Crippen molar-refractivity contribution in [1.29, 1.82) is 0 Å². The number of rotatable bonds is 0. The average Bonchev–Trinajstić information content (AvgIpc) is 1.91. The summed E-state index contributed by atoms with van der Waals surface area (Å²) in [6.07, 6.45) is 0. The molecule has 0 heterocycles. The van der Waals surface area contributed by atoms with E-state index in [2.05, 4.69) is 0 Å². The van der Waals surface area contributed by atoms with E-state index in [1.165, 1.54) is 0 Å². The summed E-state index contributed by atoms with van der Waals surface area (Å²) in [5.41, 5.74) is 1.76. The lowest BCUT2D eigenvalue weighted by Gasteiger charge is -1.97. The fraction of sp³-hybridized carbons (Fsp3) is 0.667. The molecule has 0 aromatic rings. The van der Waals surface area contributed by atoms with Gasteiger partial charge in [-0.05, 0) is 31.9 Å². The molecule has 1 N–H and O–H groups in total. The molecule has 0 amide bonds. The Labute approximate surface area is 43.7 Å². The van der Waals surface area contributed by atoms with Crippen LogP contribution in [0, 0.1) is 0 Å². The quantitative estimate of drug-likeness (QED) is 0.449. The Kier molecular flexibility index (Phi) is 0.637. The van der Waals surface area contributed by atoms with Gasteiger partial charge in [0.15, 0.2) is 0 Å². The summed E-state index contributed by atoms with van der Waals surface area (Å²) >= 11 is 0. The van der Waals surface area contributed by atoms with E-state index >= 15 is 0 Å². The van der Waals surface area contributed by atoms with Gasteiger partial charge in [0.2, 0.25) is 0 Å².